The second kappa shape index (κ2) is 18.0. The summed E-state index contributed by atoms with van der Waals surface area (Å²) in [5.74, 6) is 1.91. The third kappa shape index (κ3) is 12.5. The standard InChI is InChI=1S/C27H52N2/c1-5-7-9-11-13-14-16-18-20-22-26(4)29-24-23-28-27(29)25(3)21-19-17-15-12-10-8-6-2/h23-26H,5-22H2,1-4H3. The lowest BCUT2D eigenvalue weighted by Crippen LogP contribution is -2.11. The number of unbranched alkanes of at least 4 members (excludes halogenated alkanes) is 14. The lowest BCUT2D eigenvalue weighted by Gasteiger charge is -2.20. The van der Waals surface area contributed by atoms with Gasteiger partial charge in [-0.1, -0.05) is 124 Å². The SMILES string of the molecule is CCCCCCCCCCCC(C)n1ccnc1C(C)CCCCCCCCC. The fraction of sp³-hybridized carbons (Fsp3) is 0.889. The molecule has 0 aromatic carbocycles. The van der Waals surface area contributed by atoms with Crippen LogP contribution in [0.5, 0.6) is 0 Å². The summed E-state index contributed by atoms with van der Waals surface area (Å²) in [7, 11) is 0. The number of nitrogens with zero attached hydrogens (tertiary/aromatic N) is 2. The highest BCUT2D eigenvalue weighted by Crippen LogP contribution is 2.26. The number of hydrogen-bond donors (Lipinski definition) is 0. The van der Waals surface area contributed by atoms with E-state index in [2.05, 4.69) is 38.5 Å². The van der Waals surface area contributed by atoms with Gasteiger partial charge in [-0.2, -0.15) is 0 Å². The quantitative estimate of drug-likeness (QED) is 0.198. The van der Waals surface area contributed by atoms with Gasteiger partial charge in [0.2, 0.25) is 0 Å². The second-order valence-corrected chi connectivity index (χ2v) is 9.47. The molecule has 0 saturated heterocycles. The highest BCUT2D eigenvalue weighted by molar-refractivity contribution is 5.00. The Bertz CT molecular complexity index is 465. The Kier molecular flexibility index (Phi) is 16.3. The van der Waals surface area contributed by atoms with Crippen LogP contribution in [0, 0.1) is 0 Å². The highest BCUT2D eigenvalue weighted by atomic mass is 15.1. The molecule has 2 unspecified atom stereocenters. The van der Waals surface area contributed by atoms with E-state index >= 15 is 0 Å². The van der Waals surface area contributed by atoms with Gasteiger partial charge in [0.1, 0.15) is 5.82 Å². The van der Waals surface area contributed by atoms with Crippen LogP contribution in [0.1, 0.15) is 161 Å². The van der Waals surface area contributed by atoms with Gasteiger partial charge in [-0.15, -0.1) is 0 Å². The van der Waals surface area contributed by atoms with Crippen LogP contribution in [0.25, 0.3) is 0 Å². The van der Waals surface area contributed by atoms with Gasteiger partial charge in [0.05, 0.1) is 0 Å². The fourth-order valence-electron chi connectivity index (χ4n) is 4.51. The number of imidazole rings is 1. The van der Waals surface area contributed by atoms with Crippen LogP contribution in [-0.4, -0.2) is 9.55 Å². The molecule has 2 nitrogen and oxygen atoms in total. The Hall–Kier alpha value is -0.790. The zero-order valence-electron chi connectivity index (χ0n) is 20.4. The second-order valence-electron chi connectivity index (χ2n) is 9.47. The fourth-order valence-corrected chi connectivity index (χ4v) is 4.51. The smallest absolute Gasteiger partial charge is 0.111 e. The van der Waals surface area contributed by atoms with Crippen LogP contribution in [0.4, 0.5) is 0 Å². The van der Waals surface area contributed by atoms with Crippen LogP contribution in [0.15, 0.2) is 12.4 Å². The largest absolute Gasteiger partial charge is 0.332 e. The minimum Gasteiger partial charge on any atom is -0.332 e. The summed E-state index contributed by atoms with van der Waals surface area (Å²) < 4.78 is 2.47. The molecule has 1 heterocycles. The first-order valence-electron chi connectivity index (χ1n) is 13.2. The molecule has 170 valence electrons. The predicted octanol–water partition coefficient (Wildman–Crippen LogP) is 9.61. The molecule has 2 atom stereocenters. The first-order valence-corrected chi connectivity index (χ1v) is 13.2. The van der Waals surface area contributed by atoms with E-state index < -0.39 is 0 Å². The molecule has 0 aliphatic carbocycles. The van der Waals surface area contributed by atoms with Crippen LogP contribution in [0.3, 0.4) is 0 Å². The first kappa shape index (κ1) is 26.2. The van der Waals surface area contributed by atoms with Crippen molar-refractivity contribution in [3.05, 3.63) is 18.2 Å². The summed E-state index contributed by atoms with van der Waals surface area (Å²) in [6.07, 6.45) is 29.3. The Morgan fingerprint density at radius 1 is 0.655 bits per heavy atom. The average molecular weight is 405 g/mol. The molecule has 0 saturated carbocycles. The van der Waals surface area contributed by atoms with Gasteiger partial charge < -0.3 is 4.57 Å². The van der Waals surface area contributed by atoms with E-state index in [-0.39, 0.29) is 0 Å². The van der Waals surface area contributed by atoms with Crippen molar-refractivity contribution in [1.82, 2.24) is 9.55 Å². The predicted molar refractivity (Wildman–Crippen MR) is 130 cm³/mol. The molecular formula is C27H52N2. The van der Waals surface area contributed by atoms with Crippen LogP contribution < -0.4 is 0 Å². The molecule has 0 aliphatic heterocycles. The molecule has 1 aromatic heterocycles. The molecule has 0 fully saturated rings. The molecule has 1 aromatic rings. The Balaban J connectivity index is 2.17. The lowest BCUT2D eigenvalue weighted by atomic mass is 10.00. The molecule has 0 radical (unpaired) electrons. The maximum Gasteiger partial charge on any atom is 0.111 e. The van der Waals surface area contributed by atoms with E-state index in [0.29, 0.717) is 12.0 Å². The molecule has 2 heteroatoms. The summed E-state index contributed by atoms with van der Waals surface area (Å²) in [5.41, 5.74) is 0. The average Bonchev–Trinajstić information content (AvgIpc) is 3.22. The van der Waals surface area contributed by atoms with Crippen molar-refractivity contribution in [2.45, 2.75) is 155 Å². The van der Waals surface area contributed by atoms with Crippen molar-refractivity contribution >= 4 is 0 Å². The maximum absolute atomic E-state index is 4.73. The summed E-state index contributed by atoms with van der Waals surface area (Å²) in [6.45, 7) is 9.35. The van der Waals surface area contributed by atoms with Gasteiger partial charge in [0, 0.05) is 24.4 Å². The Labute approximate surface area is 183 Å². The molecule has 0 amide bonds. The van der Waals surface area contributed by atoms with Gasteiger partial charge in [-0.25, -0.2) is 4.98 Å². The van der Waals surface area contributed by atoms with Gasteiger partial charge in [-0.05, 0) is 19.8 Å². The van der Waals surface area contributed by atoms with E-state index in [1.807, 2.05) is 6.20 Å². The van der Waals surface area contributed by atoms with Crippen molar-refractivity contribution < 1.29 is 0 Å². The minimum atomic E-state index is 0.589. The van der Waals surface area contributed by atoms with Crippen molar-refractivity contribution in [2.24, 2.45) is 0 Å². The van der Waals surface area contributed by atoms with Gasteiger partial charge in [-0.3, -0.25) is 0 Å². The Morgan fingerprint density at radius 3 is 1.62 bits per heavy atom. The van der Waals surface area contributed by atoms with Crippen molar-refractivity contribution in [2.75, 3.05) is 0 Å². The van der Waals surface area contributed by atoms with Crippen LogP contribution in [0.2, 0.25) is 0 Å². The lowest BCUT2D eigenvalue weighted by molar-refractivity contribution is 0.436. The Morgan fingerprint density at radius 2 is 1.10 bits per heavy atom. The molecule has 0 bridgehead atoms. The molecule has 29 heavy (non-hydrogen) atoms. The number of rotatable bonds is 20. The van der Waals surface area contributed by atoms with Crippen molar-refractivity contribution in [1.29, 1.82) is 0 Å². The first-order chi connectivity index (χ1) is 14.2. The topological polar surface area (TPSA) is 17.8 Å². The zero-order chi connectivity index (χ0) is 21.2. The van der Waals surface area contributed by atoms with E-state index in [9.17, 15) is 0 Å². The highest BCUT2D eigenvalue weighted by Gasteiger charge is 2.15. The van der Waals surface area contributed by atoms with Crippen molar-refractivity contribution in [3.63, 3.8) is 0 Å². The number of aromatic nitrogens is 2. The van der Waals surface area contributed by atoms with Crippen molar-refractivity contribution in [3.8, 4) is 0 Å². The van der Waals surface area contributed by atoms with E-state index in [1.54, 1.807) is 0 Å². The molecule has 0 spiro atoms. The summed E-state index contributed by atoms with van der Waals surface area (Å²) in [4.78, 5) is 4.73. The molecule has 0 aliphatic rings. The van der Waals surface area contributed by atoms with Gasteiger partial charge in [0.25, 0.3) is 0 Å². The zero-order valence-corrected chi connectivity index (χ0v) is 20.4. The maximum atomic E-state index is 4.73. The third-order valence-electron chi connectivity index (χ3n) is 6.58. The number of hydrogen-bond acceptors (Lipinski definition) is 1. The van der Waals surface area contributed by atoms with E-state index in [1.165, 1.54) is 121 Å². The van der Waals surface area contributed by atoms with Crippen LogP contribution in [-0.2, 0) is 0 Å². The monoisotopic (exact) mass is 404 g/mol. The van der Waals surface area contributed by atoms with E-state index in [0.717, 1.165) is 0 Å². The molecule has 1 rings (SSSR count). The van der Waals surface area contributed by atoms with Gasteiger partial charge in [0.15, 0.2) is 0 Å². The normalized spacial score (nSPS) is 13.7. The summed E-state index contributed by atoms with van der Waals surface area (Å²) in [5, 5.41) is 0. The summed E-state index contributed by atoms with van der Waals surface area (Å²) >= 11 is 0. The molecular weight excluding hydrogens is 352 g/mol. The third-order valence-corrected chi connectivity index (χ3v) is 6.58. The summed E-state index contributed by atoms with van der Waals surface area (Å²) in [6, 6.07) is 0.591. The van der Waals surface area contributed by atoms with Gasteiger partial charge >= 0.3 is 0 Å². The molecule has 0 N–H and O–H groups in total. The minimum absolute atomic E-state index is 0.589. The van der Waals surface area contributed by atoms with Crippen LogP contribution >= 0.6 is 0 Å². The van der Waals surface area contributed by atoms with E-state index in [4.69, 9.17) is 4.98 Å².